The van der Waals surface area contributed by atoms with E-state index >= 15 is 0 Å². The van der Waals surface area contributed by atoms with Gasteiger partial charge in [0.05, 0.1) is 18.0 Å². The Morgan fingerprint density at radius 1 is 0.893 bits per heavy atom. The minimum atomic E-state index is -1.69. The SMILES string of the molecule is CC(=O)Nc1ccc(SCC(=O)NCC(=O)Nc2ccc(F)c(F)c2F)cc1. The van der Waals surface area contributed by atoms with Gasteiger partial charge in [-0.15, -0.1) is 11.8 Å². The third-order valence-corrected chi connectivity index (χ3v) is 4.31. The van der Waals surface area contributed by atoms with Gasteiger partial charge in [0, 0.05) is 17.5 Å². The lowest BCUT2D eigenvalue weighted by molar-refractivity contribution is -0.122. The van der Waals surface area contributed by atoms with E-state index in [1.165, 1.54) is 18.7 Å². The lowest BCUT2D eigenvalue weighted by atomic mass is 10.2. The number of carbonyl (C=O) groups is 3. The number of halogens is 3. The highest BCUT2D eigenvalue weighted by Gasteiger charge is 2.15. The zero-order valence-corrected chi connectivity index (χ0v) is 15.5. The highest BCUT2D eigenvalue weighted by atomic mass is 32.2. The van der Waals surface area contributed by atoms with Gasteiger partial charge in [-0.25, -0.2) is 13.2 Å². The van der Waals surface area contributed by atoms with Crippen LogP contribution in [0.25, 0.3) is 0 Å². The molecule has 6 nitrogen and oxygen atoms in total. The molecule has 0 saturated carbocycles. The van der Waals surface area contributed by atoms with Crippen LogP contribution in [0.5, 0.6) is 0 Å². The summed E-state index contributed by atoms with van der Waals surface area (Å²) in [5.74, 6) is -5.99. The van der Waals surface area contributed by atoms with E-state index in [0.29, 0.717) is 11.8 Å². The van der Waals surface area contributed by atoms with Gasteiger partial charge in [0.25, 0.3) is 0 Å². The van der Waals surface area contributed by atoms with E-state index in [2.05, 4.69) is 16.0 Å². The third kappa shape index (κ3) is 6.31. The largest absolute Gasteiger partial charge is 0.346 e. The smallest absolute Gasteiger partial charge is 0.243 e. The normalized spacial score (nSPS) is 10.3. The van der Waals surface area contributed by atoms with Crippen molar-refractivity contribution in [3.8, 4) is 0 Å². The predicted octanol–water partition coefficient (Wildman–Crippen LogP) is 2.91. The van der Waals surface area contributed by atoms with Crippen LogP contribution in [0.15, 0.2) is 41.3 Å². The Morgan fingerprint density at radius 2 is 1.57 bits per heavy atom. The fourth-order valence-electron chi connectivity index (χ4n) is 2.03. The van der Waals surface area contributed by atoms with Crippen molar-refractivity contribution in [3.63, 3.8) is 0 Å². The lowest BCUT2D eigenvalue weighted by Crippen LogP contribution is -2.34. The van der Waals surface area contributed by atoms with Crippen LogP contribution in [0.3, 0.4) is 0 Å². The molecule has 0 aliphatic heterocycles. The quantitative estimate of drug-likeness (QED) is 0.483. The Bertz CT molecular complexity index is 892. The zero-order chi connectivity index (χ0) is 20.7. The van der Waals surface area contributed by atoms with E-state index < -0.39 is 41.5 Å². The van der Waals surface area contributed by atoms with Gasteiger partial charge in [0.2, 0.25) is 17.7 Å². The number of hydrogen-bond donors (Lipinski definition) is 3. The first-order valence-electron chi connectivity index (χ1n) is 7.96. The Kier molecular flexibility index (Phi) is 7.44. The Hall–Kier alpha value is -3.01. The van der Waals surface area contributed by atoms with Crippen molar-refractivity contribution in [1.82, 2.24) is 5.32 Å². The molecular formula is C18H16F3N3O3S. The van der Waals surface area contributed by atoms with Crippen LogP contribution < -0.4 is 16.0 Å². The summed E-state index contributed by atoms with van der Waals surface area (Å²) < 4.78 is 39.4. The summed E-state index contributed by atoms with van der Waals surface area (Å²) in [5, 5.41) is 7.01. The zero-order valence-electron chi connectivity index (χ0n) is 14.6. The van der Waals surface area contributed by atoms with Gasteiger partial charge in [0.15, 0.2) is 17.5 Å². The maximum atomic E-state index is 13.5. The third-order valence-electron chi connectivity index (χ3n) is 3.30. The molecule has 2 rings (SSSR count). The summed E-state index contributed by atoms with van der Waals surface area (Å²) in [6.07, 6.45) is 0. The van der Waals surface area contributed by atoms with Crippen LogP contribution in [0, 0.1) is 17.5 Å². The molecule has 0 aromatic heterocycles. The molecule has 28 heavy (non-hydrogen) atoms. The molecule has 0 aliphatic carbocycles. The van der Waals surface area contributed by atoms with Crippen molar-refractivity contribution >= 4 is 40.9 Å². The molecule has 0 radical (unpaired) electrons. The summed E-state index contributed by atoms with van der Waals surface area (Å²) >= 11 is 1.21. The maximum absolute atomic E-state index is 13.5. The van der Waals surface area contributed by atoms with Gasteiger partial charge in [-0.3, -0.25) is 14.4 Å². The molecule has 0 bridgehead atoms. The van der Waals surface area contributed by atoms with Gasteiger partial charge in [-0.2, -0.15) is 0 Å². The number of carbonyl (C=O) groups excluding carboxylic acids is 3. The molecule has 0 aliphatic rings. The number of nitrogens with one attached hydrogen (secondary N) is 3. The molecular weight excluding hydrogens is 395 g/mol. The first-order valence-corrected chi connectivity index (χ1v) is 8.95. The fraction of sp³-hybridized carbons (Fsp3) is 0.167. The molecule has 148 valence electrons. The number of rotatable bonds is 7. The van der Waals surface area contributed by atoms with Crippen molar-refractivity contribution in [2.75, 3.05) is 22.9 Å². The second-order valence-electron chi connectivity index (χ2n) is 5.54. The summed E-state index contributed by atoms with van der Waals surface area (Å²) in [5.41, 5.74) is 0.106. The van der Waals surface area contributed by atoms with E-state index in [1.54, 1.807) is 24.3 Å². The van der Waals surface area contributed by atoms with Crippen molar-refractivity contribution in [2.24, 2.45) is 0 Å². The van der Waals surface area contributed by atoms with Gasteiger partial charge in [0.1, 0.15) is 0 Å². The topological polar surface area (TPSA) is 87.3 Å². The van der Waals surface area contributed by atoms with Gasteiger partial charge < -0.3 is 16.0 Å². The van der Waals surface area contributed by atoms with E-state index in [9.17, 15) is 27.6 Å². The summed E-state index contributed by atoms with van der Waals surface area (Å²) in [7, 11) is 0. The van der Waals surface area contributed by atoms with Crippen molar-refractivity contribution in [2.45, 2.75) is 11.8 Å². The van der Waals surface area contributed by atoms with Crippen LogP contribution in [0.2, 0.25) is 0 Å². The Labute approximate surface area is 162 Å². The molecule has 3 amide bonds. The highest BCUT2D eigenvalue weighted by Crippen LogP contribution is 2.20. The van der Waals surface area contributed by atoms with E-state index in [1.807, 2.05) is 0 Å². The molecule has 0 spiro atoms. The van der Waals surface area contributed by atoms with Crippen LogP contribution in [-0.2, 0) is 14.4 Å². The summed E-state index contributed by atoms with van der Waals surface area (Å²) in [4.78, 5) is 35.2. The van der Waals surface area contributed by atoms with Gasteiger partial charge >= 0.3 is 0 Å². The fourth-order valence-corrected chi connectivity index (χ4v) is 2.76. The second kappa shape index (κ2) is 9.79. The number of anilines is 2. The molecule has 0 fully saturated rings. The van der Waals surface area contributed by atoms with E-state index in [-0.39, 0.29) is 11.7 Å². The molecule has 3 N–H and O–H groups in total. The molecule has 2 aromatic rings. The number of thioether (sulfide) groups is 1. The first kappa shape index (κ1) is 21.3. The van der Waals surface area contributed by atoms with Crippen molar-refractivity contribution in [3.05, 3.63) is 53.8 Å². The average Bonchev–Trinajstić information content (AvgIpc) is 2.66. The minimum Gasteiger partial charge on any atom is -0.346 e. The average molecular weight is 411 g/mol. The summed E-state index contributed by atoms with van der Waals surface area (Å²) in [6.45, 7) is 0.934. The number of hydrogen-bond acceptors (Lipinski definition) is 4. The van der Waals surface area contributed by atoms with E-state index in [0.717, 1.165) is 11.0 Å². The van der Waals surface area contributed by atoms with Gasteiger partial charge in [-0.1, -0.05) is 0 Å². The maximum Gasteiger partial charge on any atom is 0.243 e. The molecule has 10 heteroatoms. The Balaban J connectivity index is 1.77. The minimum absolute atomic E-state index is 0.0201. The van der Waals surface area contributed by atoms with Crippen LogP contribution >= 0.6 is 11.8 Å². The molecule has 0 heterocycles. The lowest BCUT2D eigenvalue weighted by Gasteiger charge is -2.09. The number of amides is 3. The second-order valence-corrected chi connectivity index (χ2v) is 6.59. The molecule has 0 atom stereocenters. The molecule has 0 unspecified atom stereocenters. The highest BCUT2D eigenvalue weighted by molar-refractivity contribution is 8.00. The summed E-state index contributed by atoms with van der Waals surface area (Å²) in [6, 6.07) is 8.38. The predicted molar refractivity (Wildman–Crippen MR) is 99.4 cm³/mol. The van der Waals surface area contributed by atoms with Crippen LogP contribution in [-0.4, -0.2) is 30.0 Å². The van der Waals surface area contributed by atoms with Gasteiger partial charge in [-0.05, 0) is 36.4 Å². The van der Waals surface area contributed by atoms with Crippen LogP contribution in [0.1, 0.15) is 6.92 Å². The van der Waals surface area contributed by atoms with Crippen LogP contribution in [0.4, 0.5) is 24.5 Å². The number of benzene rings is 2. The van der Waals surface area contributed by atoms with Crippen molar-refractivity contribution in [1.29, 1.82) is 0 Å². The van der Waals surface area contributed by atoms with E-state index in [4.69, 9.17) is 0 Å². The molecule has 0 saturated heterocycles. The Morgan fingerprint density at radius 3 is 2.21 bits per heavy atom. The monoisotopic (exact) mass is 411 g/mol. The van der Waals surface area contributed by atoms with Crippen molar-refractivity contribution < 1.29 is 27.6 Å². The molecule has 2 aromatic carbocycles. The standard InChI is InChI=1S/C18H16F3N3O3S/c1-10(25)23-11-2-4-12(5-3-11)28-9-16(27)22-8-15(26)24-14-7-6-13(19)17(20)18(14)21/h2-7H,8-9H2,1H3,(H,22,27)(H,23,25)(H,24,26). The first-order chi connectivity index (χ1) is 13.3.